The van der Waals surface area contributed by atoms with Crippen molar-refractivity contribution in [1.82, 2.24) is 0 Å². The molecule has 0 aliphatic heterocycles. The number of alkyl halides is 3. The molecule has 1 aromatic rings. The number of hydrogen-bond donors (Lipinski definition) is 0. The molecule has 0 N–H and O–H groups in total. The molecule has 0 saturated carbocycles. The molecule has 6 heteroatoms. The Morgan fingerprint density at radius 3 is 2.28 bits per heavy atom. The third-order valence-corrected chi connectivity index (χ3v) is 7.26. The fourth-order valence-corrected chi connectivity index (χ4v) is 3.87. The second-order valence-electron chi connectivity index (χ2n) is 10.3. The quantitative estimate of drug-likeness (QED) is 0.133. The van der Waals surface area contributed by atoms with Crippen molar-refractivity contribution < 1.29 is 27.4 Å². The van der Waals surface area contributed by atoms with Gasteiger partial charge in [-0.15, -0.1) is 13.2 Å². The van der Waals surface area contributed by atoms with Crippen molar-refractivity contribution in [1.29, 1.82) is 0 Å². The molecule has 206 valence electrons. The molecule has 2 unspecified atom stereocenters. The first-order valence-electron chi connectivity index (χ1n) is 13.2. The number of allylic oxidation sites excluding steroid dienone is 2. The Kier molecular flexibility index (Phi) is 13.1. The predicted octanol–water partition coefficient (Wildman–Crippen LogP) is 9.66. The first kappa shape index (κ1) is 32.1. The molecule has 0 radical (unpaired) electrons. The number of aryl methyl sites for hydroxylation is 1. The zero-order valence-corrected chi connectivity index (χ0v) is 23.8. The van der Waals surface area contributed by atoms with Crippen molar-refractivity contribution in [3.63, 3.8) is 0 Å². The second kappa shape index (κ2) is 14.7. The van der Waals surface area contributed by atoms with Crippen molar-refractivity contribution in [2.24, 2.45) is 5.92 Å². The molecule has 0 fully saturated rings. The molecule has 3 nitrogen and oxygen atoms in total. The van der Waals surface area contributed by atoms with E-state index in [4.69, 9.17) is 9.47 Å². The normalized spacial score (nSPS) is 15.4. The SMILES string of the molecule is CCCCCC/C(=C/C(OC(F)(F)F)=C(\C)C(C)COc1cc(C(C)C(C)(C)OC)ccc1C)CC. The van der Waals surface area contributed by atoms with Crippen LogP contribution in [-0.2, 0) is 9.47 Å². The lowest BCUT2D eigenvalue weighted by Gasteiger charge is -2.31. The number of hydrogen-bond acceptors (Lipinski definition) is 3. The highest BCUT2D eigenvalue weighted by molar-refractivity contribution is 5.39. The predicted molar refractivity (Wildman–Crippen MR) is 142 cm³/mol. The highest BCUT2D eigenvalue weighted by Crippen LogP contribution is 2.34. The van der Waals surface area contributed by atoms with E-state index in [0.29, 0.717) is 12.0 Å². The van der Waals surface area contributed by atoms with Crippen LogP contribution in [-0.4, -0.2) is 25.7 Å². The van der Waals surface area contributed by atoms with Gasteiger partial charge in [-0.05, 0) is 75.8 Å². The van der Waals surface area contributed by atoms with E-state index in [1.54, 1.807) is 20.1 Å². The van der Waals surface area contributed by atoms with Crippen LogP contribution in [0.25, 0.3) is 0 Å². The standard InChI is InChI=1S/C30H47F3O3/c1-10-12-13-14-15-25(11-2)18-28(36-30(31,32)33)23(5)22(4)20-35-27-19-26(17-16-21(27)3)24(6)29(7,8)34-9/h16-19,22,24H,10-15,20H2,1-9H3/b25-18+,28-23-. The Bertz CT molecular complexity index is 869. The van der Waals surface area contributed by atoms with Gasteiger partial charge in [-0.1, -0.05) is 64.7 Å². The fraction of sp³-hybridized carbons (Fsp3) is 0.667. The van der Waals surface area contributed by atoms with Crippen LogP contribution in [0.4, 0.5) is 13.2 Å². The Labute approximate surface area is 217 Å². The maximum absolute atomic E-state index is 13.3. The van der Waals surface area contributed by atoms with Gasteiger partial charge in [0, 0.05) is 18.9 Å². The maximum Gasteiger partial charge on any atom is 0.573 e. The average Bonchev–Trinajstić information content (AvgIpc) is 2.82. The van der Waals surface area contributed by atoms with Crippen LogP contribution >= 0.6 is 0 Å². The lowest BCUT2D eigenvalue weighted by atomic mass is 9.85. The fourth-order valence-electron chi connectivity index (χ4n) is 3.87. The van der Waals surface area contributed by atoms with E-state index in [-0.39, 0.29) is 29.8 Å². The van der Waals surface area contributed by atoms with Crippen molar-refractivity contribution in [2.75, 3.05) is 13.7 Å². The third-order valence-electron chi connectivity index (χ3n) is 7.26. The molecule has 0 heterocycles. The van der Waals surface area contributed by atoms with E-state index in [0.717, 1.165) is 54.6 Å². The number of unbranched alkanes of at least 4 members (excludes halogenated alkanes) is 3. The first-order valence-corrected chi connectivity index (χ1v) is 13.2. The highest BCUT2D eigenvalue weighted by atomic mass is 19.4. The first-order chi connectivity index (χ1) is 16.8. The van der Waals surface area contributed by atoms with E-state index >= 15 is 0 Å². The summed E-state index contributed by atoms with van der Waals surface area (Å²) in [6.07, 6.45) is 2.62. The van der Waals surface area contributed by atoms with Crippen molar-refractivity contribution >= 4 is 0 Å². The molecule has 0 bridgehead atoms. The van der Waals surface area contributed by atoms with Gasteiger partial charge < -0.3 is 14.2 Å². The number of methoxy groups -OCH3 is 1. The highest BCUT2D eigenvalue weighted by Gasteiger charge is 2.33. The molecule has 0 saturated heterocycles. The summed E-state index contributed by atoms with van der Waals surface area (Å²) >= 11 is 0. The summed E-state index contributed by atoms with van der Waals surface area (Å²) in [5, 5.41) is 0. The third kappa shape index (κ3) is 10.6. The van der Waals surface area contributed by atoms with Crippen molar-refractivity contribution in [3.8, 4) is 5.75 Å². The Balaban J connectivity index is 3.12. The van der Waals surface area contributed by atoms with E-state index < -0.39 is 6.36 Å². The zero-order valence-electron chi connectivity index (χ0n) is 23.8. The monoisotopic (exact) mass is 512 g/mol. The van der Waals surface area contributed by atoms with Gasteiger partial charge in [0.2, 0.25) is 0 Å². The minimum absolute atomic E-state index is 0.119. The molecule has 0 aromatic heterocycles. The number of ether oxygens (including phenoxy) is 3. The summed E-state index contributed by atoms with van der Waals surface area (Å²) in [6, 6.07) is 6.08. The minimum atomic E-state index is -4.75. The lowest BCUT2D eigenvalue weighted by molar-refractivity contribution is -0.303. The van der Waals surface area contributed by atoms with Crippen LogP contribution in [0, 0.1) is 12.8 Å². The summed E-state index contributed by atoms with van der Waals surface area (Å²) in [5.41, 5.74) is 3.21. The smallest absolute Gasteiger partial charge is 0.493 e. The van der Waals surface area contributed by atoms with E-state index in [2.05, 4.69) is 24.7 Å². The lowest BCUT2D eigenvalue weighted by Crippen LogP contribution is -2.29. The van der Waals surface area contributed by atoms with Crippen LogP contribution in [0.3, 0.4) is 0 Å². The van der Waals surface area contributed by atoms with Crippen molar-refractivity contribution in [3.05, 3.63) is 52.3 Å². The number of rotatable bonds is 15. The Morgan fingerprint density at radius 2 is 1.72 bits per heavy atom. The van der Waals surface area contributed by atoms with Crippen LogP contribution in [0.2, 0.25) is 0 Å². The van der Waals surface area contributed by atoms with Crippen LogP contribution < -0.4 is 4.74 Å². The summed E-state index contributed by atoms with van der Waals surface area (Å²) in [7, 11) is 1.70. The van der Waals surface area contributed by atoms with E-state index in [9.17, 15) is 13.2 Å². The van der Waals surface area contributed by atoms with E-state index in [1.807, 2.05) is 46.8 Å². The van der Waals surface area contributed by atoms with Crippen LogP contribution in [0.15, 0.2) is 41.2 Å². The number of benzene rings is 1. The summed E-state index contributed by atoms with van der Waals surface area (Å²) in [5.74, 6) is 0.468. The minimum Gasteiger partial charge on any atom is -0.493 e. The van der Waals surface area contributed by atoms with Gasteiger partial charge in [-0.2, -0.15) is 0 Å². The molecule has 0 aliphatic rings. The van der Waals surface area contributed by atoms with Gasteiger partial charge in [0.15, 0.2) is 0 Å². The van der Waals surface area contributed by atoms with Crippen LogP contribution in [0.1, 0.15) is 104 Å². The van der Waals surface area contributed by atoms with E-state index in [1.165, 1.54) is 0 Å². The van der Waals surface area contributed by atoms with Gasteiger partial charge in [0.25, 0.3) is 0 Å². The van der Waals surface area contributed by atoms with Gasteiger partial charge in [0.05, 0.1) is 12.2 Å². The molecule has 1 aromatic carbocycles. The molecule has 1 rings (SSSR count). The number of halogens is 3. The van der Waals surface area contributed by atoms with Crippen LogP contribution in [0.5, 0.6) is 5.75 Å². The topological polar surface area (TPSA) is 27.7 Å². The molecule has 2 atom stereocenters. The summed E-state index contributed by atoms with van der Waals surface area (Å²) in [4.78, 5) is 0. The molecule has 0 spiro atoms. The Hall–Kier alpha value is -1.95. The van der Waals surface area contributed by atoms with Gasteiger partial charge >= 0.3 is 6.36 Å². The second-order valence-corrected chi connectivity index (χ2v) is 10.3. The molecule has 36 heavy (non-hydrogen) atoms. The average molecular weight is 513 g/mol. The summed E-state index contributed by atoms with van der Waals surface area (Å²) < 4.78 is 56.0. The molecule has 0 amide bonds. The summed E-state index contributed by atoms with van der Waals surface area (Å²) in [6.45, 7) is 16.1. The molecular weight excluding hydrogens is 465 g/mol. The Morgan fingerprint density at radius 1 is 1.06 bits per heavy atom. The van der Waals surface area contributed by atoms with Crippen molar-refractivity contribution in [2.45, 2.75) is 112 Å². The molecular formula is C30H47F3O3. The largest absolute Gasteiger partial charge is 0.573 e. The van der Waals surface area contributed by atoms with Gasteiger partial charge in [-0.25, -0.2) is 0 Å². The molecule has 0 aliphatic carbocycles. The van der Waals surface area contributed by atoms with Gasteiger partial charge in [-0.3, -0.25) is 0 Å². The maximum atomic E-state index is 13.3. The zero-order chi connectivity index (χ0) is 27.5. The van der Waals surface area contributed by atoms with Gasteiger partial charge in [0.1, 0.15) is 11.5 Å².